The molecule has 34 heavy (non-hydrogen) atoms. The Balaban J connectivity index is 1.41. The molecule has 1 aromatic heterocycles. The number of carbonyl (C=O) groups is 2. The molecule has 10 heteroatoms. The van der Waals surface area contributed by atoms with Gasteiger partial charge in [0.2, 0.25) is 11.8 Å². The molecule has 0 bridgehead atoms. The second-order valence-corrected chi connectivity index (χ2v) is 9.04. The van der Waals surface area contributed by atoms with Crippen LogP contribution in [0.1, 0.15) is 12.5 Å². The first-order valence-corrected chi connectivity index (χ1v) is 11.8. The van der Waals surface area contributed by atoms with Crippen molar-refractivity contribution in [2.75, 3.05) is 37.6 Å². The molecule has 8 nitrogen and oxygen atoms in total. The van der Waals surface area contributed by atoms with E-state index in [1.165, 1.54) is 10.9 Å². The van der Waals surface area contributed by atoms with Crippen LogP contribution in [-0.2, 0) is 22.6 Å². The quantitative estimate of drug-likeness (QED) is 0.560. The highest BCUT2D eigenvalue weighted by molar-refractivity contribution is 6.42. The Bertz CT molecular complexity index is 1290. The fraction of sp³-hybridized carbons (Fsp3) is 0.333. The van der Waals surface area contributed by atoms with Gasteiger partial charge in [0.05, 0.1) is 27.3 Å². The molecular weight excluding hydrogens is 477 g/mol. The number of nitrogens with zero attached hydrogens (tertiary/aromatic N) is 4. The fourth-order valence-electron chi connectivity index (χ4n) is 3.99. The SMILES string of the molecule is CC(=O)N1CCN(c2ccc3ncn(CC(=O)NCCc4ccc(Cl)c(Cl)c4)c(=O)c3c2)CC1. The molecule has 2 amide bonds. The summed E-state index contributed by atoms with van der Waals surface area (Å²) in [7, 11) is 0. The van der Waals surface area contributed by atoms with Gasteiger partial charge in [-0.05, 0) is 42.3 Å². The Morgan fingerprint density at radius 3 is 2.50 bits per heavy atom. The molecule has 1 fully saturated rings. The number of benzene rings is 2. The van der Waals surface area contributed by atoms with Crippen LogP contribution in [0, 0.1) is 0 Å². The van der Waals surface area contributed by atoms with Gasteiger partial charge in [-0.1, -0.05) is 29.3 Å². The molecule has 0 saturated carbocycles. The van der Waals surface area contributed by atoms with Crippen LogP contribution in [0.3, 0.4) is 0 Å². The van der Waals surface area contributed by atoms with Gasteiger partial charge in [0.25, 0.3) is 5.56 Å². The van der Waals surface area contributed by atoms with E-state index in [1.54, 1.807) is 19.1 Å². The number of fused-ring (bicyclic) bond motifs is 1. The maximum absolute atomic E-state index is 13.0. The van der Waals surface area contributed by atoms with E-state index in [-0.39, 0.29) is 23.9 Å². The molecule has 4 rings (SSSR count). The Morgan fingerprint density at radius 2 is 1.79 bits per heavy atom. The molecule has 0 radical (unpaired) electrons. The molecule has 0 spiro atoms. The zero-order valence-electron chi connectivity index (χ0n) is 18.8. The van der Waals surface area contributed by atoms with Gasteiger partial charge in [0, 0.05) is 45.3 Å². The normalized spacial score (nSPS) is 13.9. The van der Waals surface area contributed by atoms with Gasteiger partial charge in [-0.3, -0.25) is 19.0 Å². The van der Waals surface area contributed by atoms with E-state index in [0.717, 1.165) is 11.3 Å². The lowest BCUT2D eigenvalue weighted by Crippen LogP contribution is -2.48. The number of halogens is 2. The molecule has 2 heterocycles. The van der Waals surface area contributed by atoms with Crippen molar-refractivity contribution in [2.24, 2.45) is 0 Å². The van der Waals surface area contributed by atoms with Gasteiger partial charge in [0.15, 0.2) is 0 Å². The summed E-state index contributed by atoms with van der Waals surface area (Å²) in [6.07, 6.45) is 1.99. The van der Waals surface area contributed by atoms with Crippen LogP contribution in [-0.4, -0.2) is 59.0 Å². The van der Waals surface area contributed by atoms with E-state index in [9.17, 15) is 14.4 Å². The van der Waals surface area contributed by atoms with Crippen LogP contribution >= 0.6 is 23.2 Å². The van der Waals surface area contributed by atoms with E-state index >= 15 is 0 Å². The third-order valence-corrected chi connectivity index (χ3v) is 6.67. The third-order valence-electron chi connectivity index (χ3n) is 5.93. The van der Waals surface area contributed by atoms with Crippen LogP contribution < -0.4 is 15.8 Å². The lowest BCUT2D eigenvalue weighted by atomic mass is 10.1. The van der Waals surface area contributed by atoms with Gasteiger partial charge < -0.3 is 15.1 Å². The van der Waals surface area contributed by atoms with Gasteiger partial charge in [0.1, 0.15) is 6.54 Å². The number of amides is 2. The average Bonchev–Trinajstić information content (AvgIpc) is 2.83. The second-order valence-electron chi connectivity index (χ2n) is 8.22. The molecule has 1 aliphatic heterocycles. The summed E-state index contributed by atoms with van der Waals surface area (Å²) in [6.45, 7) is 4.54. The van der Waals surface area contributed by atoms with Crippen molar-refractivity contribution in [3.63, 3.8) is 0 Å². The molecular formula is C24H25Cl2N5O3. The van der Waals surface area contributed by atoms with Crippen molar-refractivity contribution in [3.8, 4) is 0 Å². The number of hydrogen-bond acceptors (Lipinski definition) is 5. The number of aromatic nitrogens is 2. The molecule has 3 aromatic rings. The maximum atomic E-state index is 13.0. The first-order valence-electron chi connectivity index (χ1n) is 11.0. The first-order chi connectivity index (χ1) is 16.3. The van der Waals surface area contributed by atoms with Gasteiger partial charge >= 0.3 is 0 Å². The summed E-state index contributed by atoms with van der Waals surface area (Å²) < 4.78 is 1.31. The topological polar surface area (TPSA) is 87.5 Å². The fourth-order valence-corrected chi connectivity index (χ4v) is 4.31. The smallest absolute Gasteiger partial charge is 0.261 e. The van der Waals surface area contributed by atoms with E-state index in [2.05, 4.69) is 15.2 Å². The third kappa shape index (κ3) is 5.51. The minimum Gasteiger partial charge on any atom is -0.368 e. The number of carbonyl (C=O) groups excluding carboxylic acids is 2. The van der Waals surface area contributed by atoms with Gasteiger partial charge in [-0.2, -0.15) is 0 Å². The van der Waals surface area contributed by atoms with Crippen molar-refractivity contribution < 1.29 is 9.59 Å². The highest BCUT2D eigenvalue weighted by atomic mass is 35.5. The number of piperazine rings is 1. The lowest BCUT2D eigenvalue weighted by Gasteiger charge is -2.35. The molecule has 0 unspecified atom stereocenters. The standard InChI is InChI=1S/C24H25Cl2N5O3/c1-16(32)29-8-10-30(11-9-29)18-3-5-22-19(13-18)24(34)31(15-28-22)14-23(33)27-7-6-17-2-4-20(25)21(26)12-17/h2-5,12-13,15H,6-11,14H2,1H3,(H,27,33). The minimum absolute atomic E-state index is 0.0699. The summed E-state index contributed by atoms with van der Waals surface area (Å²) in [6, 6.07) is 10.9. The lowest BCUT2D eigenvalue weighted by molar-refractivity contribution is -0.129. The summed E-state index contributed by atoms with van der Waals surface area (Å²) in [5, 5.41) is 4.24. The summed E-state index contributed by atoms with van der Waals surface area (Å²) in [5.74, 6) is -0.208. The maximum Gasteiger partial charge on any atom is 0.261 e. The molecule has 1 saturated heterocycles. The Kier molecular flexibility index (Phi) is 7.38. The average molecular weight is 502 g/mol. The van der Waals surface area contributed by atoms with E-state index in [1.807, 2.05) is 29.2 Å². The van der Waals surface area contributed by atoms with E-state index < -0.39 is 0 Å². The van der Waals surface area contributed by atoms with Crippen LogP contribution in [0.15, 0.2) is 47.5 Å². The number of hydrogen-bond donors (Lipinski definition) is 1. The summed E-state index contributed by atoms with van der Waals surface area (Å²) >= 11 is 12.0. The Labute approximate surface area is 207 Å². The van der Waals surface area contributed by atoms with Crippen LogP contribution in [0.2, 0.25) is 10.0 Å². The van der Waals surface area contributed by atoms with Gasteiger partial charge in [-0.25, -0.2) is 4.98 Å². The molecule has 0 atom stereocenters. The monoisotopic (exact) mass is 501 g/mol. The van der Waals surface area contributed by atoms with Crippen molar-refractivity contribution in [3.05, 3.63) is 68.7 Å². The summed E-state index contributed by atoms with van der Waals surface area (Å²) in [5.41, 5.74) is 2.16. The highest BCUT2D eigenvalue weighted by Gasteiger charge is 2.19. The number of anilines is 1. The Hall–Kier alpha value is -3.10. The summed E-state index contributed by atoms with van der Waals surface area (Å²) in [4.78, 5) is 45.3. The predicted octanol–water partition coefficient (Wildman–Crippen LogP) is 2.73. The molecule has 0 aliphatic carbocycles. The van der Waals surface area contributed by atoms with Crippen LogP contribution in [0.4, 0.5) is 5.69 Å². The second kappa shape index (κ2) is 10.4. The zero-order chi connectivity index (χ0) is 24.2. The van der Waals surface area contributed by atoms with Crippen molar-refractivity contribution in [1.29, 1.82) is 0 Å². The Morgan fingerprint density at radius 1 is 1.03 bits per heavy atom. The predicted molar refractivity (Wildman–Crippen MR) is 134 cm³/mol. The first kappa shape index (κ1) is 24.0. The van der Waals surface area contributed by atoms with Crippen molar-refractivity contribution >= 4 is 51.6 Å². The van der Waals surface area contributed by atoms with Crippen LogP contribution in [0.5, 0.6) is 0 Å². The molecule has 1 N–H and O–H groups in total. The molecule has 1 aliphatic rings. The largest absolute Gasteiger partial charge is 0.368 e. The minimum atomic E-state index is -0.278. The highest BCUT2D eigenvalue weighted by Crippen LogP contribution is 2.23. The van der Waals surface area contributed by atoms with Gasteiger partial charge in [-0.15, -0.1) is 0 Å². The zero-order valence-corrected chi connectivity index (χ0v) is 20.3. The molecule has 2 aromatic carbocycles. The van der Waals surface area contributed by atoms with E-state index in [0.29, 0.717) is 60.1 Å². The number of nitrogens with one attached hydrogen (secondary N) is 1. The van der Waals surface area contributed by atoms with E-state index in [4.69, 9.17) is 23.2 Å². The molecule has 178 valence electrons. The van der Waals surface area contributed by atoms with Crippen LogP contribution in [0.25, 0.3) is 10.9 Å². The van der Waals surface area contributed by atoms with Crippen molar-refractivity contribution in [1.82, 2.24) is 19.8 Å². The number of rotatable bonds is 6. The van der Waals surface area contributed by atoms with Crippen molar-refractivity contribution in [2.45, 2.75) is 19.9 Å².